The molecular weight excluding hydrogens is 226 g/mol. The molecule has 1 aliphatic carbocycles. The first-order valence-corrected chi connectivity index (χ1v) is 6.32. The zero-order valence-electron chi connectivity index (χ0n) is 11.4. The van der Waals surface area contributed by atoms with Gasteiger partial charge in [0.1, 0.15) is 5.75 Å². The van der Waals surface area contributed by atoms with Crippen LogP contribution >= 0.6 is 0 Å². The molecule has 98 valence electrons. The smallest absolute Gasteiger partial charge is 0.224 e. The summed E-state index contributed by atoms with van der Waals surface area (Å²) < 4.78 is 0. The average Bonchev–Trinajstić information content (AvgIpc) is 2.66. The van der Waals surface area contributed by atoms with Crippen LogP contribution in [0.1, 0.15) is 33.3 Å². The standard InChI is InChI=1S/C15H21NO2/c1-14(2)12(15(14,3)4)13(18)16-9-10-6-5-7-11(17)8-10/h5-8,12,17H,9H2,1-4H3,(H,16,18). The Morgan fingerprint density at radius 2 is 1.89 bits per heavy atom. The number of nitrogens with one attached hydrogen (secondary N) is 1. The highest BCUT2D eigenvalue weighted by atomic mass is 16.3. The molecule has 0 bridgehead atoms. The maximum absolute atomic E-state index is 12.1. The molecule has 1 aromatic carbocycles. The van der Waals surface area contributed by atoms with E-state index in [0.717, 1.165) is 5.56 Å². The topological polar surface area (TPSA) is 49.3 Å². The van der Waals surface area contributed by atoms with Gasteiger partial charge in [0.05, 0.1) is 0 Å². The van der Waals surface area contributed by atoms with Crippen molar-refractivity contribution in [3.63, 3.8) is 0 Å². The van der Waals surface area contributed by atoms with E-state index >= 15 is 0 Å². The van der Waals surface area contributed by atoms with Crippen molar-refractivity contribution in [3.8, 4) is 5.75 Å². The van der Waals surface area contributed by atoms with Crippen LogP contribution in [-0.2, 0) is 11.3 Å². The first-order chi connectivity index (χ1) is 8.26. The monoisotopic (exact) mass is 247 g/mol. The summed E-state index contributed by atoms with van der Waals surface area (Å²) in [6.07, 6.45) is 0. The van der Waals surface area contributed by atoms with Crippen molar-refractivity contribution in [2.75, 3.05) is 0 Å². The molecule has 0 unspecified atom stereocenters. The molecule has 1 aliphatic rings. The van der Waals surface area contributed by atoms with Crippen LogP contribution in [0, 0.1) is 16.7 Å². The van der Waals surface area contributed by atoms with Gasteiger partial charge in [-0.15, -0.1) is 0 Å². The average molecular weight is 247 g/mol. The summed E-state index contributed by atoms with van der Waals surface area (Å²) in [5.41, 5.74) is 1.05. The highest BCUT2D eigenvalue weighted by Crippen LogP contribution is 2.68. The largest absolute Gasteiger partial charge is 0.508 e. The van der Waals surface area contributed by atoms with E-state index in [9.17, 15) is 9.90 Å². The molecule has 0 spiro atoms. The van der Waals surface area contributed by atoms with Gasteiger partial charge in [0, 0.05) is 12.5 Å². The summed E-state index contributed by atoms with van der Waals surface area (Å²) in [6.45, 7) is 8.99. The van der Waals surface area contributed by atoms with E-state index in [1.165, 1.54) is 0 Å². The summed E-state index contributed by atoms with van der Waals surface area (Å²) in [5.74, 6) is 0.407. The van der Waals surface area contributed by atoms with Crippen molar-refractivity contribution in [2.45, 2.75) is 34.2 Å². The summed E-state index contributed by atoms with van der Waals surface area (Å²) in [6, 6.07) is 6.97. The van der Waals surface area contributed by atoms with Crippen LogP contribution in [0.5, 0.6) is 5.75 Å². The van der Waals surface area contributed by atoms with Crippen LogP contribution < -0.4 is 5.32 Å². The number of carbonyl (C=O) groups excluding carboxylic acids is 1. The molecule has 0 saturated heterocycles. The molecular formula is C15H21NO2. The maximum atomic E-state index is 12.1. The number of carbonyl (C=O) groups is 1. The third kappa shape index (κ3) is 1.98. The zero-order chi connectivity index (χ0) is 13.6. The van der Waals surface area contributed by atoms with Gasteiger partial charge in [0.25, 0.3) is 0 Å². The number of phenols is 1. The second kappa shape index (κ2) is 4.01. The van der Waals surface area contributed by atoms with Gasteiger partial charge in [0.2, 0.25) is 5.91 Å². The maximum Gasteiger partial charge on any atom is 0.224 e. The Bertz CT molecular complexity index is 463. The molecule has 3 nitrogen and oxygen atoms in total. The Labute approximate surface area is 108 Å². The molecule has 1 saturated carbocycles. The van der Waals surface area contributed by atoms with Gasteiger partial charge in [-0.05, 0) is 28.5 Å². The molecule has 1 aromatic rings. The van der Waals surface area contributed by atoms with Gasteiger partial charge >= 0.3 is 0 Å². The van der Waals surface area contributed by atoms with E-state index in [4.69, 9.17) is 0 Å². The van der Waals surface area contributed by atoms with Gasteiger partial charge in [-0.1, -0.05) is 39.8 Å². The van der Waals surface area contributed by atoms with E-state index in [2.05, 4.69) is 33.0 Å². The lowest BCUT2D eigenvalue weighted by Crippen LogP contribution is -2.26. The molecule has 3 heteroatoms. The number of hydrogen-bond acceptors (Lipinski definition) is 2. The molecule has 18 heavy (non-hydrogen) atoms. The van der Waals surface area contributed by atoms with Crippen molar-refractivity contribution in [1.82, 2.24) is 5.32 Å². The van der Waals surface area contributed by atoms with Crippen molar-refractivity contribution >= 4 is 5.91 Å². The minimum atomic E-state index is 0.0654. The predicted molar refractivity (Wildman–Crippen MR) is 71.0 cm³/mol. The quantitative estimate of drug-likeness (QED) is 0.862. The Balaban J connectivity index is 1.95. The summed E-state index contributed by atoms with van der Waals surface area (Å²) in [5, 5.41) is 12.3. The molecule has 1 fully saturated rings. The van der Waals surface area contributed by atoms with E-state index in [0.29, 0.717) is 6.54 Å². The first kappa shape index (κ1) is 12.9. The van der Waals surface area contributed by atoms with E-state index in [-0.39, 0.29) is 28.4 Å². The van der Waals surface area contributed by atoms with E-state index < -0.39 is 0 Å². The number of hydrogen-bond donors (Lipinski definition) is 2. The normalized spacial score (nSPS) is 20.4. The second-order valence-corrected chi connectivity index (χ2v) is 6.26. The molecule has 0 heterocycles. The minimum Gasteiger partial charge on any atom is -0.508 e. The lowest BCUT2D eigenvalue weighted by molar-refractivity contribution is -0.123. The summed E-state index contributed by atoms with van der Waals surface area (Å²) in [4.78, 5) is 12.1. The van der Waals surface area contributed by atoms with Crippen LogP contribution in [0.25, 0.3) is 0 Å². The first-order valence-electron chi connectivity index (χ1n) is 6.32. The summed E-state index contributed by atoms with van der Waals surface area (Å²) in [7, 11) is 0. The predicted octanol–water partition coefficient (Wildman–Crippen LogP) is 2.69. The fourth-order valence-electron chi connectivity index (χ4n) is 2.81. The lowest BCUT2D eigenvalue weighted by Gasteiger charge is -2.07. The number of rotatable bonds is 3. The van der Waals surface area contributed by atoms with E-state index in [1.807, 2.05) is 6.07 Å². The highest BCUT2D eigenvalue weighted by molar-refractivity contribution is 5.84. The molecule has 0 aromatic heterocycles. The van der Waals surface area contributed by atoms with Gasteiger partial charge in [-0.2, -0.15) is 0 Å². The Kier molecular flexibility index (Phi) is 2.88. The van der Waals surface area contributed by atoms with Gasteiger partial charge in [-0.3, -0.25) is 4.79 Å². The third-order valence-corrected chi connectivity index (χ3v) is 4.66. The van der Waals surface area contributed by atoms with Crippen LogP contribution in [0.4, 0.5) is 0 Å². The second-order valence-electron chi connectivity index (χ2n) is 6.26. The van der Waals surface area contributed by atoms with Crippen LogP contribution in [0.15, 0.2) is 24.3 Å². The van der Waals surface area contributed by atoms with E-state index in [1.54, 1.807) is 18.2 Å². The number of aromatic hydroxyl groups is 1. The highest BCUT2D eigenvalue weighted by Gasteiger charge is 2.68. The van der Waals surface area contributed by atoms with Crippen LogP contribution in [0.3, 0.4) is 0 Å². The molecule has 1 amide bonds. The Morgan fingerprint density at radius 1 is 1.28 bits per heavy atom. The number of benzene rings is 1. The zero-order valence-corrected chi connectivity index (χ0v) is 11.4. The third-order valence-electron chi connectivity index (χ3n) is 4.66. The summed E-state index contributed by atoms with van der Waals surface area (Å²) >= 11 is 0. The Hall–Kier alpha value is -1.51. The minimum absolute atomic E-state index is 0.0654. The van der Waals surface area contributed by atoms with Crippen molar-refractivity contribution in [2.24, 2.45) is 16.7 Å². The molecule has 0 aliphatic heterocycles. The Morgan fingerprint density at radius 3 is 2.39 bits per heavy atom. The molecule has 2 N–H and O–H groups in total. The van der Waals surface area contributed by atoms with Crippen molar-refractivity contribution in [3.05, 3.63) is 29.8 Å². The molecule has 0 atom stereocenters. The number of amides is 1. The molecule has 0 radical (unpaired) electrons. The van der Waals surface area contributed by atoms with Crippen molar-refractivity contribution < 1.29 is 9.90 Å². The number of phenolic OH excluding ortho intramolecular Hbond substituents is 1. The lowest BCUT2D eigenvalue weighted by atomic mass is 10.0. The van der Waals surface area contributed by atoms with Crippen LogP contribution in [-0.4, -0.2) is 11.0 Å². The van der Waals surface area contributed by atoms with Crippen molar-refractivity contribution in [1.29, 1.82) is 0 Å². The fourth-order valence-corrected chi connectivity index (χ4v) is 2.81. The van der Waals surface area contributed by atoms with Gasteiger partial charge in [-0.25, -0.2) is 0 Å². The van der Waals surface area contributed by atoms with Crippen LogP contribution in [0.2, 0.25) is 0 Å². The fraction of sp³-hybridized carbons (Fsp3) is 0.533. The molecule has 2 rings (SSSR count). The van der Waals surface area contributed by atoms with Gasteiger partial charge in [0.15, 0.2) is 0 Å². The van der Waals surface area contributed by atoms with Gasteiger partial charge < -0.3 is 10.4 Å². The SMILES string of the molecule is CC1(C)C(C(=O)NCc2cccc(O)c2)C1(C)C.